The number of pyridine rings is 1. The molecule has 1 aliphatic rings. The third kappa shape index (κ3) is 2.74. The summed E-state index contributed by atoms with van der Waals surface area (Å²) in [5.74, 6) is 1.41. The Hall–Kier alpha value is -1.85. The molecule has 0 bridgehead atoms. The summed E-state index contributed by atoms with van der Waals surface area (Å²) in [5, 5.41) is 0. The van der Waals surface area contributed by atoms with Crippen molar-refractivity contribution in [2.45, 2.75) is 51.7 Å². The SMILES string of the molecule is Cc1ncc(-c2cn(C(C)C)c(C3CC3)n2)cc1C(F)(F)F. The first-order valence-corrected chi connectivity index (χ1v) is 7.40. The summed E-state index contributed by atoms with van der Waals surface area (Å²) >= 11 is 0. The van der Waals surface area contributed by atoms with Crippen LogP contribution in [-0.2, 0) is 6.18 Å². The van der Waals surface area contributed by atoms with Crippen molar-refractivity contribution >= 4 is 0 Å². The van der Waals surface area contributed by atoms with Crippen molar-refractivity contribution in [2.75, 3.05) is 0 Å². The lowest BCUT2D eigenvalue weighted by molar-refractivity contribution is -0.138. The normalized spacial score (nSPS) is 15.6. The van der Waals surface area contributed by atoms with Gasteiger partial charge in [0.05, 0.1) is 11.3 Å². The van der Waals surface area contributed by atoms with E-state index in [1.54, 1.807) is 0 Å². The van der Waals surface area contributed by atoms with Crippen LogP contribution in [0.25, 0.3) is 11.3 Å². The summed E-state index contributed by atoms with van der Waals surface area (Å²) in [7, 11) is 0. The van der Waals surface area contributed by atoms with E-state index in [9.17, 15) is 13.2 Å². The van der Waals surface area contributed by atoms with Gasteiger partial charge in [-0.15, -0.1) is 0 Å². The monoisotopic (exact) mass is 309 g/mol. The van der Waals surface area contributed by atoms with Gasteiger partial charge in [0.1, 0.15) is 5.82 Å². The predicted octanol–water partition coefficient (Wildman–Crippen LogP) is 4.73. The van der Waals surface area contributed by atoms with E-state index in [0.29, 0.717) is 17.2 Å². The highest BCUT2D eigenvalue weighted by atomic mass is 19.4. The van der Waals surface area contributed by atoms with E-state index in [-0.39, 0.29) is 11.7 Å². The van der Waals surface area contributed by atoms with Crippen molar-refractivity contribution in [1.29, 1.82) is 0 Å². The maximum atomic E-state index is 13.0. The van der Waals surface area contributed by atoms with Gasteiger partial charge in [0, 0.05) is 35.6 Å². The summed E-state index contributed by atoms with van der Waals surface area (Å²) in [4.78, 5) is 8.47. The molecule has 0 aliphatic heterocycles. The van der Waals surface area contributed by atoms with Crippen LogP contribution < -0.4 is 0 Å². The van der Waals surface area contributed by atoms with E-state index in [4.69, 9.17) is 0 Å². The lowest BCUT2D eigenvalue weighted by Crippen LogP contribution is -2.09. The first kappa shape index (κ1) is 15.1. The fourth-order valence-electron chi connectivity index (χ4n) is 2.56. The summed E-state index contributed by atoms with van der Waals surface area (Å²) in [6.07, 6.45) is 1.11. The smallest absolute Gasteiger partial charge is 0.332 e. The molecule has 118 valence electrons. The third-order valence-corrected chi connectivity index (χ3v) is 3.95. The van der Waals surface area contributed by atoms with Crippen molar-refractivity contribution in [1.82, 2.24) is 14.5 Å². The molecule has 0 N–H and O–H groups in total. The van der Waals surface area contributed by atoms with Crippen LogP contribution in [0.5, 0.6) is 0 Å². The predicted molar refractivity (Wildman–Crippen MR) is 77.6 cm³/mol. The third-order valence-electron chi connectivity index (χ3n) is 3.95. The van der Waals surface area contributed by atoms with Crippen LogP contribution in [-0.4, -0.2) is 14.5 Å². The van der Waals surface area contributed by atoms with Crippen molar-refractivity contribution in [3.8, 4) is 11.3 Å². The molecule has 0 radical (unpaired) electrons. The minimum Gasteiger partial charge on any atom is -0.332 e. The van der Waals surface area contributed by atoms with Crippen molar-refractivity contribution < 1.29 is 13.2 Å². The Kier molecular flexibility index (Phi) is 3.50. The Balaban J connectivity index is 2.06. The molecule has 1 fully saturated rings. The maximum absolute atomic E-state index is 13.0. The standard InChI is InChI=1S/C16H18F3N3/c1-9(2)22-8-14(21-15(22)11-4-5-11)12-6-13(16(17,18)19)10(3)20-7-12/h6-9,11H,4-5H2,1-3H3. The number of aryl methyl sites for hydroxylation is 1. The van der Waals surface area contributed by atoms with E-state index < -0.39 is 11.7 Å². The van der Waals surface area contributed by atoms with Crippen molar-refractivity contribution in [3.63, 3.8) is 0 Å². The maximum Gasteiger partial charge on any atom is 0.418 e. The molecule has 1 saturated carbocycles. The van der Waals surface area contributed by atoms with Gasteiger partial charge in [-0.2, -0.15) is 13.2 Å². The number of hydrogen-bond acceptors (Lipinski definition) is 2. The highest BCUT2D eigenvalue weighted by Gasteiger charge is 2.34. The lowest BCUT2D eigenvalue weighted by Gasteiger charge is -2.10. The van der Waals surface area contributed by atoms with Gasteiger partial charge < -0.3 is 4.57 Å². The lowest BCUT2D eigenvalue weighted by atomic mass is 10.1. The minimum absolute atomic E-state index is 0.0121. The van der Waals surface area contributed by atoms with E-state index in [1.807, 2.05) is 20.0 Å². The van der Waals surface area contributed by atoms with Crippen LogP contribution in [0, 0.1) is 6.92 Å². The molecule has 6 heteroatoms. The second kappa shape index (κ2) is 5.11. The zero-order valence-corrected chi connectivity index (χ0v) is 12.8. The number of nitrogens with zero attached hydrogens (tertiary/aromatic N) is 3. The van der Waals surface area contributed by atoms with Gasteiger partial charge in [0.25, 0.3) is 0 Å². The van der Waals surface area contributed by atoms with Gasteiger partial charge in [0.2, 0.25) is 0 Å². The van der Waals surface area contributed by atoms with Gasteiger partial charge in [-0.1, -0.05) is 0 Å². The average Bonchev–Trinajstić information content (AvgIpc) is 3.17. The largest absolute Gasteiger partial charge is 0.418 e. The molecule has 2 heterocycles. The van der Waals surface area contributed by atoms with E-state index in [1.165, 1.54) is 13.1 Å². The highest BCUT2D eigenvalue weighted by molar-refractivity contribution is 5.59. The Morgan fingerprint density at radius 3 is 2.50 bits per heavy atom. The highest BCUT2D eigenvalue weighted by Crippen LogP contribution is 2.41. The number of imidazole rings is 1. The number of aromatic nitrogens is 3. The second-order valence-electron chi connectivity index (χ2n) is 6.11. The fraction of sp³-hybridized carbons (Fsp3) is 0.500. The molecule has 0 atom stereocenters. The molecule has 0 unspecified atom stereocenters. The molecular weight excluding hydrogens is 291 g/mol. The first-order valence-electron chi connectivity index (χ1n) is 7.40. The van der Waals surface area contributed by atoms with Gasteiger partial charge >= 0.3 is 6.18 Å². The summed E-state index contributed by atoms with van der Waals surface area (Å²) in [5.41, 5.74) is 0.270. The molecular formula is C16H18F3N3. The topological polar surface area (TPSA) is 30.7 Å². The molecule has 0 aromatic carbocycles. The molecule has 2 aromatic rings. The average molecular weight is 309 g/mol. The van der Waals surface area contributed by atoms with Crippen LogP contribution in [0.1, 0.15) is 55.7 Å². The molecule has 1 aliphatic carbocycles. The number of halogens is 3. The zero-order chi connectivity index (χ0) is 16.1. The molecule has 3 rings (SSSR count). The number of alkyl halides is 3. The molecule has 0 amide bonds. The number of hydrogen-bond donors (Lipinski definition) is 0. The van der Waals surface area contributed by atoms with Gasteiger partial charge in [0.15, 0.2) is 0 Å². The van der Waals surface area contributed by atoms with Crippen LogP contribution >= 0.6 is 0 Å². The molecule has 0 saturated heterocycles. The molecule has 0 spiro atoms. The molecule has 3 nitrogen and oxygen atoms in total. The summed E-state index contributed by atoms with van der Waals surface area (Å²) in [6, 6.07) is 1.38. The second-order valence-corrected chi connectivity index (χ2v) is 6.11. The van der Waals surface area contributed by atoms with Gasteiger partial charge in [-0.25, -0.2) is 4.98 Å². The van der Waals surface area contributed by atoms with Crippen LogP contribution in [0.15, 0.2) is 18.5 Å². The van der Waals surface area contributed by atoms with E-state index >= 15 is 0 Å². The van der Waals surface area contributed by atoms with Crippen molar-refractivity contribution in [3.05, 3.63) is 35.5 Å². The Morgan fingerprint density at radius 2 is 1.95 bits per heavy atom. The van der Waals surface area contributed by atoms with Crippen LogP contribution in [0.2, 0.25) is 0 Å². The Labute approximate surface area is 127 Å². The van der Waals surface area contributed by atoms with Crippen LogP contribution in [0.3, 0.4) is 0 Å². The first-order chi connectivity index (χ1) is 10.3. The van der Waals surface area contributed by atoms with Crippen molar-refractivity contribution in [2.24, 2.45) is 0 Å². The summed E-state index contributed by atoms with van der Waals surface area (Å²) < 4.78 is 41.1. The quantitative estimate of drug-likeness (QED) is 0.820. The van der Waals surface area contributed by atoms with Crippen LogP contribution in [0.4, 0.5) is 13.2 Å². The fourth-order valence-corrected chi connectivity index (χ4v) is 2.56. The van der Waals surface area contributed by atoms with Gasteiger partial charge in [-0.05, 0) is 39.7 Å². The summed E-state index contributed by atoms with van der Waals surface area (Å²) in [6.45, 7) is 5.46. The Bertz CT molecular complexity index is 678. The molecule has 2 aromatic heterocycles. The Morgan fingerprint density at radius 1 is 1.27 bits per heavy atom. The van der Waals surface area contributed by atoms with E-state index in [2.05, 4.69) is 14.5 Å². The number of rotatable bonds is 3. The van der Waals surface area contributed by atoms with Gasteiger partial charge in [-0.3, -0.25) is 4.98 Å². The van der Waals surface area contributed by atoms with E-state index in [0.717, 1.165) is 24.7 Å². The minimum atomic E-state index is -4.40. The zero-order valence-electron chi connectivity index (χ0n) is 12.8. The molecule has 22 heavy (non-hydrogen) atoms.